The monoisotopic (exact) mass is 293 g/mol. The van der Waals surface area contributed by atoms with Crippen molar-refractivity contribution in [2.45, 2.75) is 6.18 Å². The zero-order chi connectivity index (χ0) is 15.0. The number of halogens is 3. The van der Waals surface area contributed by atoms with Crippen molar-refractivity contribution in [1.82, 2.24) is 19.5 Å². The summed E-state index contributed by atoms with van der Waals surface area (Å²) in [5, 5.41) is 2.53. The fraction of sp³-hybridized carbons (Fsp3) is 0.154. The molecule has 0 saturated carbocycles. The van der Waals surface area contributed by atoms with Crippen LogP contribution in [0.25, 0.3) is 16.9 Å². The fourth-order valence-electron chi connectivity index (χ4n) is 1.96. The van der Waals surface area contributed by atoms with E-state index in [1.807, 2.05) is 0 Å². The van der Waals surface area contributed by atoms with Gasteiger partial charge in [-0.1, -0.05) is 12.1 Å². The molecule has 0 unspecified atom stereocenters. The van der Waals surface area contributed by atoms with Crippen LogP contribution in [0.4, 0.5) is 19.1 Å². The van der Waals surface area contributed by atoms with Crippen molar-refractivity contribution in [1.29, 1.82) is 0 Å². The number of anilines is 1. The number of hydrogen-bond acceptors (Lipinski definition) is 4. The van der Waals surface area contributed by atoms with Crippen LogP contribution < -0.4 is 5.32 Å². The van der Waals surface area contributed by atoms with Crippen molar-refractivity contribution in [3.63, 3.8) is 0 Å². The average Bonchev–Trinajstić information content (AvgIpc) is 2.89. The predicted molar refractivity (Wildman–Crippen MR) is 71.2 cm³/mol. The maximum atomic E-state index is 12.9. The Morgan fingerprint density at radius 3 is 2.62 bits per heavy atom. The van der Waals surface area contributed by atoms with E-state index in [1.54, 1.807) is 24.3 Å². The SMILES string of the molecule is CNc1nc(-n2cnc3ccccc32)cc(C(F)(F)F)n1. The van der Waals surface area contributed by atoms with E-state index >= 15 is 0 Å². The molecule has 0 saturated heterocycles. The zero-order valence-electron chi connectivity index (χ0n) is 10.9. The van der Waals surface area contributed by atoms with Gasteiger partial charge in [0.1, 0.15) is 12.1 Å². The van der Waals surface area contributed by atoms with Gasteiger partial charge in [0.25, 0.3) is 0 Å². The van der Waals surface area contributed by atoms with E-state index in [-0.39, 0.29) is 11.8 Å². The first-order valence-electron chi connectivity index (χ1n) is 6.05. The maximum Gasteiger partial charge on any atom is 0.433 e. The number of alkyl halides is 3. The van der Waals surface area contributed by atoms with Crippen LogP contribution in [0.5, 0.6) is 0 Å². The summed E-state index contributed by atoms with van der Waals surface area (Å²) < 4.78 is 40.2. The van der Waals surface area contributed by atoms with Gasteiger partial charge in [-0.3, -0.25) is 4.57 Å². The molecule has 3 rings (SSSR count). The highest BCUT2D eigenvalue weighted by molar-refractivity contribution is 5.76. The Labute approximate surface area is 117 Å². The van der Waals surface area contributed by atoms with Gasteiger partial charge in [0.05, 0.1) is 11.0 Å². The molecule has 0 atom stereocenters. The van der Waals surface area contributed by atoms with Crippen molar-refractivity contribution in [2.24, 2.45) is 0 Å². The van der Waals surface area contributed by atoms with Crippen LogP contribution in [0, 0.1) is 0 Å². The molecule has 8 heteroatoms. The molecular weight excluding hydrogens is 283 g/mol. The lowest BCUT2D eigenvalue weighted by Crippen LogP contribution is -2.13. The Kier molecular flexibility index (Phi) is 3.00. The molecule has 3 aromatic rings. The normalized spacial score (nSPS) is 11.8. The molecule has 108 valence electrons. The van der Waals surface area contributed by atoms with Crippen molar-refractivity contribution in [2.75, 3.05) is 12.4 Å². The van der Waals surface area contributed by atoms with Gasteiger partial charge in [-0.2, -0.15) is 18.2 Å². The predicted octanol–water partition coefficient (Wildman–Crippen LogP) is 2.88. The molecule has 1 aromatic carbocycles. The Morgan fingerprint density at radius 2 is 1.90 bits per heavy atom. The van der Waals surface area contributed by atoms with E-state index in [4.69, 9.17) is 0 Å². The van der Waals surface area contributed by atoms with Crippen LogP contribution >= 0.6 is 0 Å². The molecule has 0 aliphatic carbocycles. The van der Waals surface area contributed by atoms with Gasteiger partial charge in [0.2, 0.25) is 5.95 Å². The first-order valence-corrected chi connectivity index (χ1v) is 6.05. The molecule has 1 N–H and O–H groups in total. The van der Waals surface area contributed by atoms with Crippen LogP contribution in [0.15, 0.2) is 36.7 Å². The molecule has 0 fully saturated rings. The summed E-state index contributed by atoms with van der Waals surface area (Å²) >= 11 is 0. The number of nitrogens with zero attached hydrogens (tertiary/aromatic N) is 4. The third kappa shape index (κ3) is 2.39. The van der Waals surface area contributed by atoms with Gasteiger partial charge in [-0.25, -0.2) is 9.97 Å². The molecule has 0 radical (unpaired) electrons. The highest BCUT2D eigenvalue weighted by atomic mass is 19.4. The zero-order valence-corrected chi connectivity index (χ0v) is 10.9. The largest absolute Gasteiger partial charge is 0.433 e. The second-order valence-corrected chi connectivity index (χ2v) is 4.29. The summed E-state index contributed by atoms with van der Waals surface area (Å²) in [6.07, 6.45) is -3.10. The van der Waals surface area contributed by atoms with Crippen LogP contribution in [-0.2, 0) is 6.18 Å². The molecule has 0 aliphatic rings. The summed E-state index contributed by atoms with van der Waals surface area (Å²) in [6.45, 7) is 0. The summed E-state index contributed by atoms with van der Waals surface area (Å²) in [6, 6.07) is 8.02. The Morgan fingerprint density at radius 1 is 1.14 bits per heavy atom. The fourth-order valence-corrected chi connectivity index (χ4v) is 1.96. The van der Waals surface area contributed by atoms with E-state index in [0.717, 1.165) is 6.07 Å². The van der Waals surface area contributed by atoms with Crippen molar-refractivity contribution < 1.29 is 13.2 Å². The van der Waals surface area contributed by atoms with Crippen LogP contribution in [0.2, 0.25) is 0 Å². The van der Waals surface area contributed by atoms with Crippen molar-refractivity contribution >= 4 is 17.0 Å². The first-order chi connectivity index (χ1) is 9.99. The number of aromatic nitrogens is 4. The molecule has 0 spiro atoms. The summed E-state index contributed by atoms with van der Waals surface area (Å²) in [4.78, 5) is 11.6. The minimum atomic E-state index is -4.54. The Balaban J connectivity index is 2.22. The molecular formula is C13H10F3N5. The Bertz CT molecular complexity index is 794. The van der Waals surface area contributed by atoms with E-state index in [0.29, 0.717) is 11.0 Å². The maximum absolute atomic E-state index is 12.9. The molecule has 2 aromatic heterocycles. The minimum Gasteiger partial charge on any atom is -0.357 e. The van der Waals surface area contributed by atoms with Gasteiger partial charge < -0.3 is 5.32 Å². The second-order valence-electron chi connectivity index (χ2n) is 4.29. The third-order valence-electron chi connectivity index (χ3n) is 2.93. The standard InChI is InChI=1S/C13H10F3N5/c1-17-12-19-10(13(14,15)16)6-11(20-12)21-7-18-8-4-2-3-5-9(8)21/h2-7H,1H3,(H,17,19,20). The quantitative estimate of drug-likeness (QED) is 0.789. The number of benzene rings is 1. The lowest BCUT2D eigenvalue weighted by atomic mass is 10.3. The summed E-state index contributed by atoms with van der Waals surface area (Å²) in [7, 11) is 1.46. The number of hydrogen-bond donors (Lipinski definition) is 1. The first kappa shape index (κ1) is 13.3. The number of rotatable bonds is 2. The second kappa shape index (κ2) is 4.72. The van der Waals surface area contributed by atoms with Crippen LogP contribution in [0.3, 0.4) is 0 Å². The molecule has 0 amide bonds. The molecule has 21 heavy (non-hydrogen) atoms. The van der Waals surface area contributed by atoms with Gasteiger partial charge in [0.15, 0.2) is 5.69 Å². The lowest BCUT2D eigenvalue weighted by Gasteiger charge is -2.11. The number of imidazole rings is 1. The van der Waals surface area contributed by atoms with Crippen LogP contribution in [-0.4, -0.2) is 26.6 Å². The summed E-state index contributed by atoms with van der Waals surface area (Å²) in [5.41, 5.74) is 0.344. The highest BCUT2D eigenvalue weighted by Crippen LogP contribution is 2.29. The number of nitrogens with one attached hydrogen (secondary N) is 1. The number of fused-ring (bicyclic) bond motifs is 1. The van der Waals surface area contributed by atoms with Gasteiger partial charge >= 0.3 is 6.18 Å². The van der Waals surface area contributed by atoms with E-state index in [1.165, 1.54) is 17.9 Å². The molecule has 5 nitrogen and oxygen atoms in total. The molecule has 0 aliphatic heterocycles. The number of para-hydroxylation sites is 2. The van der Waals surface area contributed by atoms with Gasteiger partial charge in [0, 0.05) is 13.1 Å². The van der Waals surface area contributed by atoms with E-state index < -0.39 is 11.9 Å². The van der Waals surface area contributed by atoms with E-state index in [2.05, 4.69) is 20.3 Å². The molecule has 0 bridgehead atoms. The van der Waals surface area contributed by atoms with Gasteiger partial charge in [-0.15, -0.1) is 0 Å². The topological polar surface area (TPSA) is 55.6 Å². The van der Waals surface area contributed by atoms with Crippen molar-refractivity contribution in [3.05, 3.63) is 42.4 Å². The van der Waals surface area contributed by atoms with Crippen molar-refractivity contribution in [3.8, 4) is 5.82 Å². The van der Waals surface area contributed by atoms with E-state index in [9.17, 15) is 13.2 Å². The highest BCUT2D eigenvalue weighted by Gasteiger charge is 2.34. The smallest absolute Gasteiger partial charge is 0.357 e. The van der Waals surface area contributed by atoms with Gasteiger partial charge in [-0.05, 0) is 12.1 Å². The molecule has 2 heterocycles. The van der Waals surface area contributed by atoms with Crippen LogP contribution in [0.1, 0.15) is 5.69 Å². The third-order valence-corrected chi connectivity index (χ3v) is 2.93. The minimum absolute atomic E-state index is 0.0994. The average molecular weight is 293 g/mol. The summed E-state index contributed by atoms with van der Waals surface area (Å²) in [5.74, 6) is 0.00739. The lowest BCUT2D eigenvalue weighted by molar-refractivity contribution is -0.141. The Hall–Kier alpha value is -2.64.